The van der Waals surface area contributed by atoms with Crippen molar-refractivity contribution in [3.05, 3.63) is 23.8 Å². The van der Waals surface area contributed by atoms with E-state index in [9.17, 15) is 9.59 Å². The molecule has 0 saturated carbocycles. The van der Waals surface area contributed by atoms with E-state index in [-0.39, 0.29) is 18.7 Å². The first-order valence-corrected chi connectivity index (χ1v) is 15.0. The Hall–Kier alpha value is -1.60. The minimum atomic E-state index is -1.61. The first-order valence-electron chi connectivity index (χ1n) is 12.2. The molecule has 0 fully saturated rings. The van der Waals surface area contributed by atoms with Crippen LogP contribution in [-0.4, -0.2) is 28.3 Å². The largest absolute Gasteiger partial charge is 0.370 e. The fourth-order valence-corrected chi connectivity index (χ4v) is 9.16. The number of nitrogens with two attached hydrogens (primary N) is 1. The van der Waals surface area contributed by atoms with E-state index in [1.165, 1.54) is 48.8 Å². The second kappa shape index (κ2) is 13.8. The third kappa shape index (κ3) is 8.07. The van der Waals surface area contributed by atoms with Gasteiger partial charge in [-0.1, -0.05) is 65.4 Å². The molecular formula is C25H41N3O2S2. The first-order chi connectivity index (χ1) is 15.4. The van der Waals surface area contributed by atoms with Gasteiger partial charge in [0.05, 0.1) is 10.2 Å². The summed E-state index contributed by atoms with van der Waals surface area (Å²) in [6, 6.07) is 6.50. The summed E-state index contributed by atoms with van der Waals surface area (Å²) in [5.41, 5.74) is 7.63. The fraction of sp³-hybridized carbons (Fsp3) is 0.640. The molecule has 1 aromatic heterocycles. The summed E-state index contributed by atoms with van der Waals surface area (Å²) in [6.45, 7) is 6.60. The lowest BCUT2D eigenvalue weighted by Gasteiger charge is -2.39. The van der Waals surface area contributed by atoms with E-state index in [4.69, 9.17) is 10.7 Å². The Morgan fingerprint density at radius 2 is 1.62 bits per heavy atom. The van der Waals surface area contributed by atoms with E-state index in [1.54, 1.807) is 11.3 Å². The number of carbonyl (C=O) groups is 2. The van der Waals surface area contributed by atoms with Gasteiger partial charge in [0.15, 0.2) is 4.34 Å². The van der Waals surface area contributed by atoms with Crippen molar-refractivity contribution in [1.29, 1.82) is 0 Å². The molecule has 2 aromatic rings. The molecule has 0 saturated heterocycles. The molecule has 1 heterocycles. The monoisotopic (exact) mass is 479 g/mol. The molecule has 3 N–H and O–H groups in total. The SMILES string of the molecule is CCCCCCS(CCCCCC)(NC(=O)CCC(N)=O)c1nc2ccc(CC)cc2s1. The smallest absolute Gasteiger partial charge is 0.229 e. The van der Waals surface area contributed by atoms with Crippen LogP contribution in [0.4, 0.5) is 0 Å². The lowest BCUT2D eigenvalue weighted by atomic mass is 10.2. The molecule has 7 heteroatoms. The van der Waals surface area contributed by atoms with Gasteiger partial charge in [-0.05, 0) is 48.5 Å². The second-order valence-corrected chi connectivity index (χ2v) is 13.0. The molecule has 32 heavy (non-hydrogen) atoms. The highest BCUT2D eigenvalue weighted by atomic mass is 32.3. The predicted molar refractivity (Wildman–Crippen MR) is 139 cm³/mol. The molecule has 0 unspecified atom stereocenters. The van der Waals surface area contributed by atoms with Crippen molar-refractivity contribution < 1.29 is 9.59 Å². The van der Waals surface area contributed by atoms with E-state index in [2.05, 4.69) is 43.7 Å². The fourth-order valence-electron chi connectivity index (χ4n) is 3.81. The molecule has 0 aliphatic rings. The van der Waals surface area contributed by atoms with Gasteiger partial charge in [-0.2, -0.15) is 0 Å². The summed E-state index contributed by atoms with van der Waals surface area (Å²) < 4.78 is 5.71. The van der Waals surface area contributed by atoms with Gasteiger partial charge in [-0.3, -0.25) is 9.59 Å². The molecule has 0 spiro atoms. The summed E-state index contributed by atoms with van der Waals surface area (Å²) in [6.07, 6.45) is 10.5. The normalized spacial score (nSPS) is 12.2. The number of aromatic nitrogens is 1. The number of carbonyl (C=O) groups excluding carboxylic acids is 2. The maximum Gasteiger partial charge on any atom is 0.229 e. The molecule has 0 aliphatic heterocycles. The van der Waals surface area contributed by atoms with Crippen LogP contribution < -0.4 is 10.5 Å². The van der Waals surface area contributed by atoms with Gasteiger partial charge in [0.25, 0.3) is 0 Å². The summed E-state index contributed by atoms with van der Waals surface area (Å²) in [7, 11) is -1.61. The van der Waals surface area contributed by atoms with E-state index in [1.807, 2.05) is 0 Å². The Balaban J connectivity index is 2.38. The Labute approximate surface area is 199 Å². The highest BCUT2D eigenvalue weighted by molar-refractivity contribution is 8.33. The van der Waals surface area contributed by atoms with Gasteiger partial charge < -0.3 is 10.5 Å². The number of thiazole rings is 1. The standard InChI is InChI=1S/C25H41N3O2S2/c1-4-7-9-11-17-32(18-12-10-8-5-2,28-24(30)16-15-23(26)29)25-27-21-14-13-20(6-3)19-22(21)31-25/h13-14,19H,4-12,15-18H2,1-3H3,(H2,26,29)(H,28,30). The number of nitrogens with zero attached hydrogens (tertiary/aromatic N) is 1. The number of amides is 2. The van der Waals surface area contributed by atoms with Crippen molar-refractivity contribution >= 4 is 43.6 Å². The Morgan fingerprint density at radius 1 is 0.969 bits per heavy atom. The topological polar surface area (TPSA) is 85.1 Å². The van der Waals surface area contributed by atoms with Crippen LogP contribution in [0.3, 0.4) is 0 Å². The summed E-state index contributed by atoms with van der Waals surface area (Å²) in [5, 5.41) is 0. The lowest BCUT2D eigenvalue weighted by molar-refractivity contribution is -0.123. The van der Waals surface area contributed by atoms with Gasteiger partial charge in [-0.15, -0.1) is 21.6 Å². The van der Waals surface area contributed by atoms with Gasteiger partial charge in [-0.25, -0.2) is 4.98 Å². The van der Waals surface area contributed by atoms with Crippen LogP contribution in [0.15, 0.2) is 22.5 Å². The van der Waals surface area contributed by atoms with Crippen molar-refractivity contribution in [3.8, 4) is 0 Å². The Kier molecular flexibility index (Phi) is 11.5. The van der Waals surface area contributed by atoms with Crippen molar-refractivity contribution in [3.63, 3.8) is 0 Å². The number of hydrogen-bond acceptors (Lipinski definition) is 4. The van der Waals surface area contributed by atoms with E-state index >= 15 is 0 Å². The van der Waals surface area contributed by atoms with Gasteiger partial charge >= 0.3 is 0 Å². The van der Waals surface area contributed by atoms with E-state index < -0.39 is 16.1 Å². The Bertz CT molecular complexity index is 854. The zero-order valence-corrected chi connectivity index (χ0v) is 21.7. The predicted octanol–water partition coefficient (Wildman–Crippen LogP) is 6.48. The van der Waals surface area contributed by atoms with Crippen molar-refractivity contribution in [2.45, 2.75) is 95.7 Å². The minimum Gasteiger partial charge on any atom is -0.370 e. The highest BCUT2D eigenvalue weighted by Crippen LogP contribution is 2.56. The van der Waals surface area contributed by atoms with Crippen LogP contribution in [0.5, 0.6) is 0 Å². The minimum absolute atomic E-state index is 0.0710. The zero-order chi connectivity index (χ0) is 23.4. The summed E-state index contributed by atoms with van der Waals surface area (Å²) in [4.78, 5) is 29.2. The number of primary amides is 1. The van der Waals surface area contributed by atoms with Gasteiger partial charge in [0.1, 0.15) is 0 Å². The summed E-state index contributed by atoms with van der Waals surface area (Å²) in [5.74, 6) is 1.42. The summed E-state index contributed by atoms with van der Waals surface area (Å²) >= 11 is 1.75. The maximum atomic E-state index is 12.9. The van der Waals surface area contributed by atoms with Crippen LogP contribution in [0.25, 0.3) is 10.2 Å². The molecule has 0 aliphatic carbocycles. The zero-order valence-electron chi connectivity index (χ0n) is 20.1. The molecule has 1 aromatic carbocycles. The van der Waals surface area contributed by atoms with Crippen molar-refractivity contribution in [2.24, 2.45) is 5.73 Å². The molecule has 0 bridgehead atoms. The number of benzene rings is 1. The van der Waals surface area contributed by atoms with Crippen LogP contribution in [0.2, 0.25) is 0 Å². The average molecular weight is 480 g/mol. The second-order valence-electron chi connectivity index (χ2n) is 8.54. The highest BCUT2D eigenvalue weighted by Gasteiger charge is 2.31. The number of aryl methyl sites for hydroxylation is 1. The number of rotatable bonds is 16. The first kappa shape index (κ1) is 26.7. The number of fused-ring (bicyclic) bond motifs is 1. The molecule has 5 nitrogen and oxygen atoms in total. The Morgan fingerprint density at radius 3 is 2.19 bits per heavy atom. The number of hydrogen-bond donors (Lipinski definition) is 2. The third-order valence-corrected chi connectivity index (χ3v) is 11.1. The lowest BCUT2D eigenvalue weighted by Crippen LogP contribution is -2.33. The van der Waals surface area contributed by atoms with Gasteiger partial charge in [0.2, 0.25) is 11.8 Å². The molecule has 2 rings (SSSR count). The van der Waals surface area contributed by atoms with Crippen molar-refractivity contribution in [2.75, 3.05) is 11.5 Å². The third-order valence-electron chi connectivity index (χ3n) is 5.78. The van der Waals surface area contributed by atoms with Crippen LogP contribution in [-0.2, 0) is 16.0 Å². The van der Waals surface area contributed by atoms with Crippen LogP contribution >= 0.6 is 21.6 Å². The average Bonchev–Trinajstić information content (AvgIpc) is 3.22. The van der Waals surface area contributed by atoms with E-state index in [0.717, 1.165) is 40.6 Å². The van der Waals surface area contributed by atoms with E-state index in [0.29, 0.717) is 0 Å². The molecule has 0 atom stereocenters. The number of unbranched alkanes of at least 4 members (excludes halogenated alkanes) is 6. The van der Waals surface area contributed by atoms with Crippen LogP contribution in [0, 0.1) is 0 Å². The van der Waals surface area contributed by atoms with Gasteiger partial charge in [0, 0.05) is 12.8 Å². The number of nitrogens with one attached hydrogen (secondary N) is 1. The maximum absolute atomic E-state index is 12.9. The quantitative estimate of drug-likeness (QED) is 0.270. The van der Waals surface area contributed by atoms with Crippen LogP contribution in [0.1, 0.15) is 90.5 Å². The molecule has 2 amide bonds. The molecular weight excluding hydrogens is 438 g/mol. The molecule has 0 radical (unpaired) electrons. The van der Waals surface area contributed by atoms with Crippen molar-refractivity contribution in [1.82, 2.24) is 9.71 Å². The molecule has 180 valence electrons.